The SMILES string of the molecule is Cc1ccc(C(CC(=O)O)NC(=O)c2cc(=O)n(-c3ccc(F)cc3)[nH]2)c(C)c1. The van der Waals surface area contributed by atoms with Crippen molar-refractivity contribution in [2.45, 2.75) is 26.3 Å². The van der Waals surface area contributed by atoms with Gasteiger partial charge >= 0.3 is 5.97 Å². The molecule has 8 heteroatoms. The summed E-state index contributed by atoms with van der Waals surface area (Å²) < 4.78 is 14.2. The van der Waals surface area contributed by atoms with Crippen molar-refractivity contribution in [3.05, 3.63) is 87.1 Å². The smallest absolute Gasteiger partial charge is 0.305 e. The molecule has 0 spiro atoms. The molecule has 0 bridgehead atoms. The third-order valence-corrected chi connectivity index (χ3v) is 4.53. The molecule has 1 atom stereocenters. The lowest BCUT2D eigenvalue weighted by molar-refractivity contribution is -0.137. The number of carboxylic acid groups (broad SMARTS) is 1. The first kappa shape index (κ1) is 20.1. The lowest BCUT2D eigenvalue weighted by Crippen LogP contribution is -2.31. The number of aromatic amines is 1. The van der Waals surface area contributed by atoms with E-state index in [4.69, 9.17) is 0 Å². The molecule has 3 aromatic rings. The number of aromatic nitrogens is 2. The highest BCUT2D eigenvalue weighted by Gasteiger charge is 2.22. The Balaban J connectivity index is 1.88. The zero-order chi connectivity index (χ0) is 21.1. The summed E-state index contributed by atoms with van der Waals surface area (Å²) in [6, 6.07) is 11.1. The molecule has 1 heterocycles. The Morgan fingerprint density at radius 2 is 1.83 bits per heavy atom. The number of halogens is 1. The van der Waals surface area contributed by atoms with E-state index in [1.54, 1.807) is 6.07 Å². The fourth-order valence-electron chi connectivity index (χ4n) is 3.16. The standard InChI is InChI=1S/C21H20FN3O4/c1-12-3-8-16(13(2)9-12)17(11-20(27)28)23-21(29)18-10-19(26)25(24-18)15-6-4-14(22)5-7-15/h3-10,17,24H,11H2,1-2H3,(H,23,29)(H,27,28). The molecule has 1 unspecified atom stereocenters. The van der Waals surface area contributed by atoms with Gasteiger partial charge < -0.3 is 10.4 Å². The van der Waals surface area contributed by atoms with Gasteiger partial charge in [0.15, 0.2) is 0 Å². The van der Waals surface area contributed by atoms with Gasteiger partial charge in [-0.3, -0.25) is 19.5 Å². The van der Waals surface area contributed by atoms with Crippen LogP contribution < -0.4 is 10.9 Å². The van der Waals surface area contributed by atoms with E-state index >= 15 is 0 Å². The monoisotopic (exact) mass is 397 g/mol. The molecule has 0 aliphatic rings. The number of benzene rings is 2. The first-order valence-corrected chi connectivity index (χ1v) is 8.92. The van der Waals surface area contributed by atoms with Gasteiger partial charge in [-0.05, 0) is 49.2 Å². The first-order valence-electron chi connectivity index (χ1n) is 8.92. The Morgan fingerprint density at radius 1 is 1.14 bits per heavy atom. The summed E-state index contributed by atoms with van der Waals surface area (Å²) in [7, 11) is 0. The van der Waals surface area contributed by atoms with Crippen molar-refractivity contribution in [1.29, 1.82) is 0 Å². The summed E-state index contributed by atoms with van der Waals surface area (Å²) in [6.45, 7) is 3.76. The van der Waals surface area contributed by atoms with E-state index in [9.17, 15) is 23.9 Å². The lowest BCUT2D eigenvalue weighted by atomic mass is 9.97. The molecular weight excluding hydrogens is 377 g/mol. The summed E-state index contributed by atoms with van der Waals surface area (Å²) in [6.07, 6.45) is -0.307. The Hall–Kier alpha value is -3.68. The fraction of sp³-hybridized carbons (Fsp3) is 0.190. The minimum absolute atomic E-state index is 0.0283. The molecule has 150 valence electrons. The van der Waals surface area contributed by atoms with Crippen molar-refractivity contribution in [3.63, 3.8) is 0 Å². The van der Waals surface area contributed by atoms with Crippen LogP contribution in [0.4, 0.5) is 4.39 Å². The van der Waals surface area contributed by atoms with Crippen LogP contribution in [-0.2, 0) is 4.79 Å². The quantitative estimate of drug-likeness (QED) is 0.595. The summed E-state index contributed by atoms with van der Waals surface area (Å²) >= 11 is 0. The molecule has 7 nitrogen and oxygen atoms in total. The molecule has 1 amide bonds. The van der Waals surface area contributed by atoms with E-state index in [-0.39, 0.29) is 12.1 Å². The van der Waals surface area contributed by atoms with Crippen LogP contribution in [0.15, 0.2) is 53.3 Å². The number of aliphatic carboxylic acids is 1. The second kappa shape index (κ2) is 8.14. The molecular formula is C21H20FN3O4. The molecule has 3 N–H and O–H groups in total. The Labute approximate surface area is 165 Å². The maximum atomic E-state index is 13.1. The average Bonchev–Trinajstić information content (AvgIpc) is 3.03. The van der Waals surface area contributed by atoms with Crippen molar-refractivity contribution < 1.29 is 19.1 Å². The van der Waals surface area contributed by atoms with Gasteiger partial charge in [0, 0.05) is 6.07 Å². The topological polar surface area (TPSA) is 104 Å². The van der Waals surface area contributed by atoms with E-state index in [0.717, 1.165) is 21.9 Å². The molecule has 2 aromatic carbocycles. The van der Waals surface area contributed by atoms with Crippen LogP contribution in [0.25, 0.3) is 5.69 Å². The average molecular weight is 397 g/mol. The number of carbonyl (C=O) groups is 2. The summed E-state index contributed by atoms with van der Waals surface area (Å²) in [4.78, 5) is 36.2. The van der Waals surface area contributed by atoms with Crippen molar-refractivity contribution in [2.75, 3.05) is 0 Å². The highest BCUT2D eigenvalue weighted by atomic mass is 19.1. The van der Waals surface area contributed by atoms with E-state index in [2.05, 4.69) is 10.4 Å². The highest BCUT2D eigenvalue weighted by molar-refractivity contribution is 5.92. The van der Waals surface area contributed by atoms with Gasteiger partial charge in [-0.25, -0.2) is 9.07 Å². The number of hydrogen-bond donors (Lipinski definition) is 3. The molecule has 0 fully saturated rings. The van der Waals surface area contributed by atoms with Gasteiger partial charge in [-0.1, -0.05) is 23.8 Å². The number of nitrogens with one attached hydrogen (secondary N) is 2. The van der Waals surface area contributed by atoms with Crippen molar-refractivity contribution in [1.82, 2.24) is 15.1 Å². The summed E-state index contributed by atoms with van der Waals surface area (Å²) in [5.41, 5.74) is 2.40. The molecule has 3 rings (SSSR count). The molecule has 29 heavy (non-hydrogen) atoms. The second-order valence-corrected chi connectivity index (χ2v) is 6.80. The number of carboxylic acids is 1. The number of carbonyl (C=O) groups excluding carboxylic acids is 1. The third-order valence-electron chi connectivity index (χ3n) is 4.53. The Bertz CT molecular complexity index is 1120. The van der Waals surface area contributed by atoms with Crippen LogP contribution in [0, 0.1) is 19.7 Å². The predicted octanol–water partition coefficient (Wildman–Crippen LogP) is 2.87. The van der Waals surface area contributed by atoms with Gasteiger partial charge in [0.25, 0.3) is 11.5 Å². The van der Waals surface area contributed by atoms with Crippen LogP contribution in [0.2, 0.25) is 0 Å². The van der Waals surface area contributed by atoms with Crippen molar-refractivity contribution >= 4 is 11.9 Å². The Kier molecular flexibility index (Phi) is 5.63. The van der Waals surface area contributed by atoms with Crippen LogP contribution in [-0.4, -0.2) is 26.8 Å². The summed E-state index contributed by atoms with van der Waals surface area (Å²) in [5, 5.41) is 14.6. The first-order chi connectivity index (χ1) is 13.7. The number of rotatable bonds is 6. The second-order valence-electron chi connectivity index (χ2n) is 6.80. The zero-order valence-corrected chi connectivity index (χ0v) is 15.9. The van der Waals surface area contributed by atoms with Crippen molar-refractivity contribution in [3.8, 4) is 5.69 Å². The number of H-pyrrole nitrogens is 1. The minimum atomic E-state index is -1.06. The van der Waals surface area contributed by atoms with Crippen LogP contribution in [0.1, 0.15) is 39.6 Å². The number of nitrogens with zero attached hydrogens (tertiary/aromatic N) is 1. The van der Waals surface area contributed by atoms with Gasteiger partial charge in [0.05, 0.1) is 18.2 Å². The number of aryl methyl sites for hydroxylation is 2. The van der Waals surface area contributed by atoms with Gasteiger partial charge in [0.2, 0.25) is 0 Å². The van der Waals surface area contributed by atoms with Gasteiger partial charge in [-0.15, -0.1) is 0 Å². The molecule has 0 aliphatic carbocycles. The highest BCUT2D eigenvalue weighted by Crippen LogP contribution is 2.22. The van der Waals surface area contributed by atoms with Gasteiger partial charge in [-0.2, -0.15) is 0 Å². The van der Waals surface area contributed by atoms with E-state index in [0.29, 0.717) is 11.3 Å². The summed E-state index contributed by atoms with van der Waals surface area (Å²) in [5.74, 6) is -2.13. The fourth-order valence-corrected chi connectivity index (χ4v) is 3.16. The largest absolute Gasteiger partial charge is 0.481 e. The number of hydrogen-bond acceptors (Lipinski definition) is 3. The predicted molar refractivity (Wildman–Crippen MR) is 105 cm³/mol. The maximum Gasteiger partial charge on any atom is 0.305 e. The molecule has 0 saturated carbocycles. The van der Waals surface area contributed by atoms with Crippen LogP contribution >= 0.6 is 0 Å². The van der Waals surface area contributed by atoms with Crippen molar-refractivity contribution in [2.24, 2.45) is 0 Å². The third kappa shape index (κ3) is 4.60. The molecule has 0 saturated heterocycles. The van der Waals surface area contributed by atoms with Gasteiger partial charge in [0.1, 0.15) is 11.5 Å². The normalized spacial score (nSPS) is 11.8. The molecule has 0 radical (unpaired) electrons. The van der Waals surface area contributed by atoms with E-state index < -0.39 is 29.3 Å². The lowest BCUT2D eigenvalue weighted by Gasteiger charge is -2.19. The Morgan fingerprint density at radius 3 is 2.45 bits per heavy atom. The van der Waals surface area contributed by atoms with Crippen LogP contribution in [0.5, 0.6) is 0 Å². The van der Waals surface area contributed by atoms with Crippen LogP contribution in [0.3, 0.4) is 0 Å². The molecule has 0 aliphatic heterocycles. The van der Waals surface area contributed by atoms with E-state index in [1.165, 1.54) is 24.3 Å². The minimum Gasteiger partial charge on any atom is -0.481 e. The maximum absolute atomic E-state index is 13.1. The zero-order valence-electron chi connectivity index (χ0n) is 15.9. The van der Waals surface area contributed by atoms with E-state index in [1.807, 2.05) is 26.0 Å². The molecule has 1 aromatic heterocycles. The number of amides is 1.